The quantitative estimate of drug-likeness (QED) is 0.819. The number of carbonyl (C=O) groups excluding carboxylic acids is 1. The van der Waals surface area contributed by atoms with Crippen LogP contribution in [0.2, 0.25) is 0 Å². The lowest BCUT2D eigenvalue weighted by Crippen LogP contribution is -2.21. The number of carbonyl (C=O) groups is 1. The van der Waals surface area contributed by atoms with Gasteiger partial charge in [0, 0.05) is 11.6 Å². The molecule has 1 amide bonds. The van der Waals surface area contributed by atoms with Crippen molar-refractivity contribution in [1.82, 2.24) is 5.32 Å². The summed E-state index contributed by atoms with van der Waals surface area (Å²) in [6.45, 7) is 0. The topological polar surface area (TPSA) is 54.6 Å². The first-order chi connectivity index (χ1) is 12.2. The van der Waals surface area contributed by atoms with Crippen molar-refractivity contribution < 1.29 is 13.6 Å². The van der Waals surface area contributed by atoms with Crippen LogP contribution in [0, 0.1) is 5.82 Å². The molecule has 2 aromatic rings. The Labute approximate surface area is 149 Å². The first kappa shape index (κ1) is 16.1. The van der Waals surface area contributed by atoms with Crippen LogP contribution in [0.5, 0.6) is 0 Å². The number of thioether (sulfide) groups is 1. The average molecular weight is 356 g/mol. The zero-order valence-electron chi connectivity index (χ0n) is 13.5. The van der Waals surface area contributed by atoms with Crippen LogP contribution in [-0.4, -0.2) is 17.1 Å². The summed E-state index contributed by atoms with van der Waals surface area (Å²) in [4.78, 5) is 17.3. The smallest absolute Gasteiger partial charge is 0.264 e. The fraction of sp³-hybridized carbons (Fsp3) is 0.263. The predicted octanol–water partition coefficient (Wildman–Crippen LogP) is 4.59. The number of benzene rings is 1. The summed E-state index contributed by atoms with van der Waals surface area (Å²) >= 11 is 1.35. The van der Waals surface area contributed by atoms with Gasteiger partial charge < -0.3 is 9.73 Å². The van der Waals surface area contributed by atoms with E-state index in [9.17, 15) is 9.18 Å². The number of aliphatic imine (C=N–C) groups is 1. The van der Waals surface area contributed by atoms with Crippen LogP contribution >= 0.6 is 11.8 Å². The largest absolute Gasteiger partial charge is 0.457 e. The summed E-state index contributed by atoms with van der Waals surface area (Å²) in [5, 5.41) is 3.49. The Bertz CT molecular complexity index is 849. The van der Waals surface area contributed by atoms with Crippen LogP contribution in [0.4, 0.5) is 4.39 Å². The normalized spacial score (nSPS) is 21.4. The van der Waals surface area contributed by atoms with Crippen molar-refractivity contribution in [3.05, 3.63) is 52.9 Å². The molecule has 1 aromatic carbocycles. The molecule has 25 heavy (non-hydrogen) atoms. The highest BCUT2D eigenvalue weighted by Crippen LogP contribution is 2.30. The van der Waals surface area contributed by atoms with E-state index >= 15 is 0 Å². The van der Waals surface area contributed by atoms with Gasteiger partial charge in [0.05, 0.1) is 10.9 Å². The first-order valence-electron chi connectivity index (χ1n) is 8.32. The highest BCUT2D eigenvalue weighted by Gasteiger charge is 2.26. The van der Waals surface area contributed by atoms with Crippen molar-refractivity contribution in [3.63, 3.8) is 0 Å². The van der Waals surface area contributed by atoms with E-state index in [1.54, 1.807) is 24.3 Å². The second kappa shape index (κ2) is 6.88. The second-order valence-electron chi connectivity index (χ2n) is 6.15. The summed E-state index contributed by atoms with van der Waals surface area (Å²) in [5.41, 5.74) is 0.790. The molecule has 2 aliphatic rings. The van der Waals surface area contributed by atoms with Gasteiger partial charge >= 0.3 is 0 Å². The standard InChI is InChI=1S/C19H17FN2O2S/c20-13-7-5-12(6-8-13)16-10-9-15(24-16)11-17-18(23)22-19(25-17)21-14-3-1-2-4-14/h5-11,14H,1-4H2,(H,21,22,23)/b17-11+. The van der Waals surface area contributed by atoms with E-state index in [4.69, 9.17) is 4.42 Å². The number of nitrogens with one attached hydrogen (secondary N) is 1. The molecular weight excluding hydrogens is 339 g/mol. The lowest BCUT2D eigenvalue weighted by atomic mass is 10.2. The average Bonchev–Trinajstić information content (AvgIpc) is 3.32. The number of rotatable bonds is 3. The van der Waals surface area contributed by atoms with Gasteiger partial charge in [0.1, 0.15) is 17.3 Å². The van der Waals surface area contributed by atoms with Crippen molar-refractivity contribution in [2.75, 3.05) is 0 Å². The maximum absolute atomic E-state index is 13.0. The van der Waals surface area contributed by atoms with Gasteiger partial charge in [-0.25, -0.2) is 4.39 Å². The molecule has 1 aliphatic carbocycles. The third kappa shape index (κ3) is 3.69. The van der Waals surface area contributed by atoms with Gasteiger partial charge in [-0.15, -0.1) is 0 Å². The van der Waals surface area contributed by atoms with E-state index in [0.717, 1.165) is 18.4 Å². The molecule has 6 heteroatoms. The van der Waals surface area contributed by atoms with E-state index in [1.165, 1.54) is 36.7 Å². The van der Waals surface area contributed by atoms with Crippen molar-refractivity contribution in [3.8, 4) is 11.3 Å². The third-order valence-electron chi connectivity index (χ3n) is 4.30. The molecule has 1 aromatic heterocycles. The van der Waals surface area contributed by atoms with Crippen molar-refractivity contribution >= 4 is 28.9 Å². The molecule has 2 fully saturated rings. The molecule has 0 radical (unpaired) electrons. The fourth-order valence-corrected chi connectivity index (χ4v) is 3.89. The lowest BCUT2D eigenvalue weighted by molar-refractivity contribution is -0.115. The number of nitrogens with zero attached hydrogens (tertiary/aromatic N) is 1. The number of hydrogen-bond acceptors (Lipinski definition) is 4. The zero-order chi connectivity index (χ0) is 17.2. The number of hydrogen-bond donors (Lipinski definition) is 1. The van der Waals surface area contributed by atoms with Crippen molar-refractivity contribution in [2.45, 2.75) is 31.7 Å². The number of amides is 1. The van der Waals surface area contributed by atoms with E-state index in [-0.39, 0.29) is 11.7 Å². The van der Waals surface area contributed by atoms with Gasteiger partial charge in [0.2, 0.25) is 0 Å². The second-order valence-corrected chi connectivity index (χ2v) is 7.18. The molecule has 1 saturated carbocycles. The van der Waals surface area contributed by atoms with Gasteiger partial charge in [0.25, 0.3) is 5.91 Å². The van der Waals surface area contributed by atoms with Crippen LogP contribution in [0.25, 0.3) is 17.4 Å². The van der Waals surface area contributed by atoms with Crippen molar-refractivity contribution in [1.29, 1.82) is 0 Å². The van der Waals surface area contributed by atoms with E-state index < -0.39 is 0 Å². The molecule has 1 saturated heterocycles. The van der Waals surface area contributed by atoms with Gasteiger partial charge in [-0.05, 0) is 61.0 Å². The highest BCUT2D eigenvalue weighted by molar-refractivity contribution is 8.18. The number of furan rings is 1. The number of halogens is 1. The molecule has 0 unspecified atom stereocenters. The minimum atomic E-state index is -0.286. The summed E-state index contributed by atoms with van der Waals surface area (Å²) < 4.78 is 18.8. The molecule has 0 bridgehead atoms. The molecule has 1 N–H and O–H groups in total. The summed E-state index contributed by atoms with van der Waals surface area (Å²) in [6.07, 6.45) is 6.32. The fourth-order valence-electron chi connectivity index (χ4n) is 3.02. The van der Waals surface area contributed by atoms with Crippen LogP contribution in [0.1, 0.15) is 31.4 Å². The molecule has 4 nitrogen and oxygen atoms in total. The Kier molecular flexibility index (Phi) is 4.44. The molecule has 2 heterocycles. The minimum Gasteiger partial charge on any atom is -0.457 e. The zero-order valence-corrected chi connectivity index (χ0v) is 14.3. The molecular formula is C19H17FN2O2S. The molecule has 4 rings (SSSR count). The SMILES string of the molecule is O=C1NC(=NC2CCCC2)S/C1=C/c1ccc(-c2ccc(F)cc2)o1. The highest BCUT2D eigenvalue weighted by atomic mass is 32.2. The Hall–Kier alpha value is -2.34. The van der Waals surface area contributed by atoms with Gasteiger partial charge in [-0.2, -0.15) is 0 Å². The molecule has 128 valence electrons. The van der Waals surface area contributed by atoms with Crippen LogP contribution in [0.15, 0.2) is 50.7 Å². The molecule has 1 aliphatic heterocycles. The summed E-state index contributed by atoms with van der Waals surface area (Å²) in [6, 6.07) is 10.0. The van der Waals surface area contributed by atoms with Crippen LogP contribution < -0.4 is 5.32 Å². The predicted molar refractivity (Wildman–Crippen MR) is 97.5 cm³/mol. The Morgan fingerprint density at radius 1 is 1.16 bits per heavy atom. The minimum absolute atomic E-state index is 0.151. The summed E-state index contributed by atoms with van der Waals surface area (Å²) in [7, 11) is 0. The van der Waals surface area contributed by atoms with E-state index in [1.807, 2.05) is 6.07 Å². The Morgan fingerprint density at radius 3 is 2.68 bits per heavy atom. The Morgan fingerprint density at radius 2 is 1.92 bits per heavy atom. The van der Waals surface area contributed by atoms with Gasteiger partial charge in [0.15, 0.2) is 5.17 Å². The van der Waals surface area contributed by atoms with E-state index in [2.05, 4.69) is 10.3 Å². The maximum Gasteiger partial charge on any atom is 0.264 e. The third-order valence-corrected chi connectivity index (χ3v) is 5.23. The van der Waals surface area contributed by atoms with Crippen LogP contribution in [-0.2, 0) is 4.79 Å². The Balaban J connectivity index is 1.51. The lowest BCUT2D eigenvalue weighted by Gasteiger charge is -2.02. The first-order valence-corrected chi connectivity index (χ1v) is 9.13. The monoisotopic (exact) mass is 356 g/mol. The molecule has 0 atom stereocenters. The summed E-state index contributed by atoms with van der Waals surface area (Å²) in [5.74, 6) is 0.779. The maximum atomic E-state index is 13.0. The molecule has 0 spiro atoms. The number of amidine groups is 1. The van der Waals surface area contributed by atoms with E-state index in [0.29, 0.717) is 27.6 Å². The van der Waals surface area contributed by atoms with Crippen molar-refractivity contribution in [2.24, 2.45) is 4.99 Å². The van der Waals surface area contributed by atoms with Gasteiger partial charge in [-0.1, -0.05) is 12.8 Å². The van der Waals surface area contributed by atoms with Gasteiger partial charge in [-0.3, -0.25) is 9.79 Å². The van der Waals surface area contributed by atoms with Crippen LogP contribution in [0.3, 0.4) is 0 Å².